The van der Waals surface area contributed by atoms with Crippen LogP contribution in [0.4, 0.5) is 5.69 Å². The minimum absolute atomic E-state index is 0.0731. The first-order valence-electron chi connectivity index (χ1n) is 15.6. The Kier molecular flexibility index (Phi) is 10.2. The molecule has 9 heteroatoms. The summed E-state index contributed by atoms with van der Waals surface area (Å²) in [7, 11) is 0. The quantitative estimate of drug-likeness (QED) is 0.173. The van der Waals surface area contributed by atoms with Gasteiger partial charge in [-0.25, -0.2) is 4.99 Å². The second kappa shape index (κ2) is 14.3. The number of benzene rings is 3. The number of epoxide rings is 1. The third-order valence-electron chi connectivity index (χ3n) is 8.51. The van der Waals surface area contributed by atoms with Crippen LogP contribution in [0, 0.1) is 11.8 Å². The van der Waals surface area contributed by atoms with Crippen molar-refractivity contribution in [3.05, 3.63) is 101 Å². The first kappa shape index (κ1) is 32.2. The molecule has 0 aromatic heterocycles. The summed E-state index contributed by atoms with van der Waals surface area (Å²) in [6, 6.07) is 23.9. The Morgan fingerprint density at radius 2 is 1.56 bits per heavy atom. The zero-order chi connectivity index (χ0) is 32.0. The lowest BCUT2D eigenvalue weighted by Crippen LogP contribution is -2.56. The molecule has 236 valence electrons. The number of nitrogens with one attached hydrogen (secondary N) is 2. The molecule has 1 aliphatic carbocycles. The smallest absolute Gasteiger partial charge is 0.245 e. The molecule has 0 saturated carbocycles. The number of nitrogens with zero attached hydrogens (tertiary/aromatic N) is 1. The van der Waals surface area contributed by atoms with Crippen molar-refractivity contribution in [2.24, 2.45) is 16.8 Å². The molecule has 0 spiro atoms. The molecule has 5 rings (SSSR count). The first-order valence-corrected chi connectivity index (χ1v) is 15.6. The fourth-order valence-electron chi connectivity index (χ4n) is 5.90. The van der Waals surface area contributed by atoms with E-state index in [9.17, 15) is 24.6 Å². The van der Waals surface area contributed by atoms with Crippen molar-refractivity contribution in [1.29, 1.82) is 0 Å². The van der Waals surface area contributed by atoms with Crippen LogP contribution in [0.3, 0.4) is 0 Å². The van der Waals surface area contributed by atoms with Gasteiger partial charge in [-0.3, -0.25) is 14.4 Å². The third kappa shape index (κ3) is 7.56. The molecule has 1 aliphatic heterocycles. The van der Waals surface area contributed by atoms with Crippen LogP contribution < -0.4 is 10.6 Å². The Balaban J connectivity index is 1.29. The predicted molar refractivity (Wildman–Crippen MR) is 171 cm³/mol. The van der Waals surface area contributed by atoms with Crippen molar-refractivity contribution in [1.82, 2.24) is 10.6 Å². The number of amides is 2. The number of hydrogen-bond acceptors (Lipinski definition) is 7. The van der Waals surface area contributed by atoms with Crippen molar-refractivity contribution >= 4 is 29.0 Å². The van der Waals surface area contributed by atoms with Crippen LogP contribution in [0.5, 0.6) is 0 Å². The topological polar surface area (TPSA) is 141 Å². The van der Waals surface area contributed by atoms with Crippen molar-refractivity contribution in [3.63, 3.8) is 0 Å². The Hall–Kier alpha value is -4.18. The van der Waals surface area contributed by atoms with Crippen molar-refractivity contribution in [2.75, 3.05) is 19.8 Å². The van der Waals surface area contributed by atoms with E-state index in [0.29, 0.717) is 25.7 Å². The number of carbonyl (C=O) groups excluding carboxylic acids is 3. The molecule has 2 aliphatic rings. The van der Waals surface area contributed by atoms with E-state index < -0.39 is 48.5 Å². The molecule has 2 amide bonds. The fourth-order valence-corrected chi connectivity index (χ4v) is 5.90. The number of ketones is 1. The summed E-state index contributed by atoms with van der Waals surface area (Å²) in [4.78, 5) is 44.7. The Bertz CT molecular complexity index is 1490. The lowest BCUT2D eigenvalue weighted by atomic mass is 9.82. The van der Waals surface area contributed by atoms with Gasteiger partial charge in [0.05, 0.1) is 37.3 Å². The van der Waals surface area contributed by atoms with Gasteiger partial charge in [0.2, 0.25) is 11.8 Å². The van der Waals surface area contributed by atoms with Crippen LogP contribution in [-0.4, -0.2) is 71.0 Å². The van der Waals surface area contributed by atoms with E-state index in [4.69, 9.17) is 9.73 Å². The summed E-state index contributed by atoms with van der Waals surface area (Å²) in [5.41, 5.74) is 4.59. The van der Waals surface area contributed by atoms with E-state index >= 15 is 0 Å². The van der Waals surface area contributed by atoms with Crippen molar-refractivity contribution in [3.8, 4) is 0 Å². The zero-order valence-corrected chi connectivity index (χ0v) is 25.7. The van der Waals surface area contributed by atoms with Gasteiger partial charge >= 0.3 is 0 Å². The molecule has 0 radical (unpaired) electrons. The second-order valence-corrected chi connectivity index (χ2v) is 12.3. The first-order chi connectivity index (χ1) is 21.7. The van der Waals surface area contributed by atoms with Crippen LogP contribution in [0.25, 0.3) is 0 Å². The maximum Gasteiger partial charge on any atom is 0.245 e. The summed E-state index contributed by atoms with van der Waals surface area (Å²) in [5, 5.41) is 25.0. The average molecular weight is 612 g/mol. The minimum atomic E-state index is -1.29. The number of aliphatic hydroxyl groups excluding tert-OH is 2. The molecule has 1 unspecified atom stereocenters. The molecule has 4 N–H and O–H groups in total. The molecule has 4 atom stereocenters. The van der Waals surface area contributed by atoms with Crippen LogP contribution >= 0.6 is 0 Å². The van der Waals surface area contributed by atoms with E-state index in [1.165, 1.54) is 0 Å². The van der Waals surface area contributed by atoms with Gasteiger partial charge in [-0.2, -0.15) is 0 Å². The molecular weight excluding hydrogens is 570 g/mol. The van der Waals surface area contributed by atoms with Gasteiger partial charge in [-0.1, -0.05) is 86.6 Å². The molecule has 1 saturated heterocycles. The number of aliphatic hydroxyl groups is 2. The summed E-state index contributed by atoms with van der Waals surface area (Å²) in [6.45, 7) is 2.85. The van der Waals surface area contributed by atoms with E-state index in [1.54, 1.807) is 0 Å². The molecule has 1 heterocycles. The van der Waals surface area contributed by atoms with Gasteiger partial charge in [0, 0.05) is 17.0 Å². The molecular formula is C36H41N3O6. The van der Waals surface area contributed by atoms with Crippen molar-refractivity contribution in [2.45, 2.75) is 57.2 Å². The monoisotopic (exact) mass is 611 g/mol. The Morgan fingerprint density at radius 1 is 0.911 bits per heavy atom. The number of carbonyl (C=O) groups is 3. The third-order valence-corrected chi connectivity index (χ3v) is 8.51. The molecule has 9 nitrogen and oxygen atoms in total. The maximum absolute atomic E-state index is 13.4. The highest BCUT2D eigenvalue weighted by Crippen LogP contribution is 2.34. The average Bonchev–Trinajstić information content (AvgIpc) is 3.87. The molecule has 1 fully saturated rings. The van der Waals surface area contributed by atoms with E-state index in [0.717, 1.165) is 33.7 Å². The highest BCUT2D eigenvalue weighted by atomic mass is 16.6. The van der Waals surface area contributed by atoms with Crippen LogP contribution in [0.2, 0.25) is 0 Å². The predicted octanol–water partition coefficient (Wildman–Crippen LogP) is 3.30. The normalized spacial score (nSPS) is 20.0. The second-order valence-electron chi connectivity index (χ2n) is 12.3. The van der Waals surface area contributed by atoms with E-state index in [1.807, 2.05) is 92.7 Å². The molecule has 0 bridgehead atoms. The summed E-state index contributed by atoms with van der Waals surface area (Å²) in [5.74, 6) is -1.71. The fraction of sp³-hybridized carbons (Fsp3) is 0.389. The van der Waals surface area contributed by atoms with E-state index in [2.05, 4.69) is 10.6 Å². The van der Waals surface area contributed by atoms with Crippen LogP contribution in [-0.2, 0) is 32.0 Å². The Labute approximate surface area is 263 Å². The van der Waals surface area contributed by atoms with Gasteiger partial charge in [-0.15, -0.1) is 0 Å². The number of ether oxygens (including phenoxy) is 1. The SMILES string of the molecule is CC(C)C[C@H](NC(=O)[C@H](CO)NC(=O)C1CCc2c(cccc2N=C(c2ccccc2)c2ccccc2)C1)C(=O)[C@@]1(CO)CO1. The van der Waals surface area contributed by atoms with Gasteiger partial charge < -0.3 is 25.6 Å². The van der Waals surface area contributed by atoms with Gasteiger partial charge in [0.15, 0.2) is 11.4 Å². The number of aliphatic imine (C=N–C) groups is 1. The van der Waals surface area contributed by atoms with Crippen LogP contribution in [0.1, 0.15) is 48.9 Å². The highest BCUT2D eigenvalue weighted by Gasteiger charge is 2.54. The largest absolute Gasteiger partial charge is 0.394 e. The summed E-state index contributed by atoms with van der Waals surface area (Å²) < 4.78 is 5.21. The molecule has 3 aromatic rings. The minimum Gasteiger partial charge on any atom is -0.394 e. The summed E-state index contributed by atoms with van der Waals surface area (Å²) in [6.07, 6.45) is 2.00. The number of Topliss-reactive ketones (excluding diaryl/α,β-unsaturated/α-hetero) is 1. The van der Waals surface area contributed by atoms with Gasteiger partial charge in [0.1, 0.15) is 6.04 Å². The number of hydrogen-bond donors (Lipinski definition) is 4. The standard InChI is InChI=1S/C36H41N3O6/c1-23(2)18-30(33(42)36(21-41)22-45-36)38-35(44)31(20-40)39-34(43)27-16-17-28-26(19-27)14-9-15-29(28)37-32(24-10-5-3-6-11-24)25-12-7-4-8-13-25/h3-15,23,27,30-31,40-41H,16-22H2,1-2H3,(H,38,44)(H,39,43)/t27?,30-,31-,36+/m0/s1. The zero-order valence-electron chi connectivity index (χ0n) is 25.7. The molecule has 3 aromatic carbocycles. The van der Waals surface area contributed by atoms with E-state index in [-0.39, 0.29) is 18.4 Å². The Morgan fingerprint density at radius 3 is 2.11 bits per heavy atom. The maximum atomic E-state index is 13.4. The van der Waals surface area contributed by atoms with Crippen molar-refractivity contribution < 1.29 is 29.3 Å². The molecule has 45 heavy (non-hydrogen) atoms. The lowest BCUT2D eigenvalue weighted by molar-refractivity contribution is -0.135. The van der Waals surface area contributed by atoms with Gasteiger partial charge in [-0.05, 0) is 48.8 Å². The summed E-state index contributed by atoms with van der Waals surface area (Å²) >= 11 is 0. The highest BCUT2D eigenvalue weighted by molar-refractivity contribution is 6.14. The van der Waals surface area contributed by atoms with Crippen LogP contribution in [0.15, 0.2) is 83.9 Å². The lowest BCUT2D eigenvalue weighted by Gasteiger charge is -2.28. The number of rotatable bonds is 13. The van der Waals surface area contributed by atoms with Gasteiger partial charge in [0.25, 0.3) is 0 Å². The number of fused-ring (bicyclic) bond motifs is 1.